The van der Waals surface area contributed by atoms with Crippen molar-refractivity contribution in [1.29, 1.82) is 0 Å². The molecule has 0 spiro atoms. The Morgan fingerprint density at radius 1 is 0.903 bits per heavy atom. The molecule has 0 saturated carbocycles. The number of halogens is 1. The average molecular weight is 440 g/mol. The lowest BCUT2D eigenvalue weighted by Crippen LogP contribution is -2.06. The molecule has 3 aromatic carbocycles. The summed E-state index contributed by atoms with van der Waals surface area (Å²) in [5.74, 6) is 0.931. The Labute approximate surface area is 187 Å². The van der Waals surface area contributed by atoms with Crippen LogP contribution in [0.4, 0.5) is 5.69 Å². The van der Waals surface area contributed by atoms with E-state index >= 15 is 0 Å². The second kappa shape index (κ2) is 11.3. The highest BCUT2D eigenvalue weighted by atomic mass is 35.5. The van der Waals surface area contributed by atoms with Crippen LogP contribution in [0.25, 0.3) is 0 Å². The van der Waals surface area contributed by atoms with Crippen LogP contribution in [-0.2, 0) is 17.9 Å². The lowest BCUT2D eigenvalue weighted by atomic mass is 10.1. The molecule has 0 aliphatic rings. The van der Waals surface area contributed by atoms with Crippen LogP contribution < -0.4 is 14.8 Å². The zero-order valence-corrected chi connectivity index (χ0v) is 18.4. The Hall–Kier alpha value is -3.18. The standard InChI is InChI=1S/C25H26ClNO4/c1-3-29-23-14-20(16-27-21-12-10-19(11-13-21)25(28)30-4-2)22(26)15-24(23)31-17-18-8-6-5-7-9-18/h5-15,27H,3-4,16-17H2,1-2H3. The van der Waals surface area contributed by atoms with Crippen molar-refractivity contribution in [1.82, 2.24) is 0 Å². The van der Waals surface area contributed by atoms with Crippen molar-refractivity contribution < 1.29 is 19.0 Å². The van der Waals surface area contributed by atoms with Crippen LogP contribution in [0.15, 0.2) is 66.7 Å². The van der Waals surface area contributed by atoms with Crippen molar-refractivity contribution >= 4 is 23.3 Å². The van der Waals surface area contributed by atoms with Crippen molar-refractivity contribution in [3.05, 3.63) is 88.4 Å². The number of nitrogens with one attached hydrogen (secondary N) is 1. The highest BCUT2D eigenvalue weighted by Gasteiger charge is 2.12. The van der Waals surface area contributed by atoms with Gasteiger partial charge < -0.3 is 19.5 Å². The maximum atomic E-state index is 11.8. The van der Waals surface area contributed by atoms with Gasteiger partial charge in [-0.3, -0.25) is 0 Å². The third-order valence-corrected chi connectivity index (χ3v) is 4.88. The van der Waals surface area contributed by atoms with E-state index in [-0.39, 0.29) is 5.97 Å². The highest BCUT2D eigenvalue weighted by Crippen LogP contribution is 2.34. The molecule has 0 radical (unpaired) electrons. The molecule has 0 bridgehead atoms. The van der Waals surface area contributed by atoms with Crippen LogP contribution in [0.1, 0.15) is 35.3 Å². The number of esters is 1. The highest BCUT2D eigenvalue weighted by molar-refractivity contribution is 6.31. The van der Waals surface area contributed by atoms with Gasteiger partial charge in [-0.1, -0.05) is 41.9 Å². The summed E-state index contributed by atoms with van der Waals surface area (Å²) in [4.78, 5) is 11.8. The molecule has 0 aliphatic carbocycles. The Morgan fingerprint density at radius 3 is 2.29 bits per heavy atom. The van der Waals surface area contributed by atoms with Gasteiger partial charge in [0.2, 0.25) is 0 Å². The molecule has 1 N–H and O–H groups in total. The van der Waals surface area contributed by atoms with E-state index in [1.807, 2.05) is 55.5 Å². The van der Waals surface area contributed by atoms with Gasteiger partial charge in [0.25, 0.3) is 0 Å². The molecule has 0 aromatic heterocycles. The quantitative estimate of drug-likeness (QED) is 0.386. The van der Waals surface area contributed by atoms with Gasteiger partial charge in [-0.05, 0) is 55.3 Å². The predicted octanol–water partition coefficient (Wildman–Crippen LogP) is 6.11. The summed E-state index contributed by atoms with van der Waals surface area (Å²) in [5.41, 5.74) is 3.33. The van der Waals surface area contributed by atoms with E-state index in [2.05, 4.69) is 5.32 Å². The van der Waals surface area contributed by atoms with Crippen LogP contribution in [0.5, 0.6) is 11.5 Å². The number of anilines is 1. The summed E-state index contributed by atoms with van der Waals surface area (Å²) in [6.45, 7) is 5.51. The monoisotopic (exact) mass is 439 g/mol. The minimum absolute atomic E-state index is 0.329. The topological polar surface area (TPSA) is 56.8 Å². The van der Waals surface area contributed by atoms with Crippen molar-refractivity contribution in [3.8, 4) is 11.5 Å². The fourth-order valence-electron chi connectivity index (χ4n) is 2.97. The summed E-state index contributed by atoms with van der Waals surface area (Å²) in [6.07, 6.45) is 0. The molecular formula is C25H26ClNO4. The zero-order valence-electron chi connectivity index (χ0n) is 17.7. The fourth-order valence-corrected chi connectivity index (χ4v) is 3.19. The Balaban J connectivity index is 1.68. The van der Waals surface area contributed by atoms with Gasteiger partial charge in [0, 0.05) is 23.3 Å². The van der Waals surface area contributed by atoms with E-state index in [9.17, 15) is 4.79 Å². The molecule has 0 unspecified atom stereocenters. The lowest BCUT2D eigenvalue weighted by molar-refractivity contribution is 0.0526. The second-order valence-corrected chi connectivity index (χ2v) is 7.16. The Bertz CT molecular complexity index is 990. The van der Waals surface area contributed by atoms with Gasteiger partial charge in [0.05, 0.1) is 18.8 Å². The van der Waals surface area contributed by atoms with Crippen LogP contribution in [0.3, 0.4) is 0 Å². The number of hydrogen-bond donors (Lipinski definition) is 1. The molecule has 31 heavy (non-hydrogen) atoms. The van der Waals surface area contributed by atoms with E-state index in [1.54, 1.807) is 25.1 Å². The molecule has 162 valence electrons. The molecule has 0 amide bonds. The molecule has 0 saturated heterocycles. The zero-order chi connectivity index (χ0) is 22.1. The minimum Gasteiger partial charge on any atom is -0.490 e. The van der Waals surface area contributed by atoms with Gasteiger partial charge in [-0.25, -0.2) is 4.79 Å². The molecule has 0 heterocycles. The molecular weight excluding hydrogens is 414 g/mol. The van der Waals surface area contributed by atoms with Crippen molar-refractivity contribution in [2.45, 2.75) is 27.0 Å². The van der Waals surface area contributed by atoms with Gasteiger partial charge in [0.1, 0.15) is 6.61 Å². The third kappa shape index (κ3) is 6.40. The summed E-state index contributed by atoms with van der Waals surface area (Å²) < 4.78 is 16.7. The van der Waals surface area contributed by atoms with E-state index in [4.69, 9.17) is 25.8 Å². The van der Waals surface area contributed by atoms with Crippen molar-refractivity contribution in [2.75, 3.05) is 18.5 Å². The molecule has 0 fully saturated rings. The number of carbonyl (C=O) groups is 1. The normalized spacial score (nSPS) is 10.4. The van der Waals surface area contributed by atoms with Gasteiger partial charge in [-0.2, -0.15) is 0 Å². The SMILES string of the molecule is CCOC(=O)c1ccc(NCc2cc(OCC)c(OCc3ccccc3)cc2Cl)cc1. The molecule has 3 rings (SSSR count). The number of hydrogen-bond acceptors (Lipinski definition) is 5. The first-order valence-corrected chi connectivity index (χ1v) is 10.6. The number of ether oxygens (including phenoxy) is 3. The summed E-state index contributed by atoms with van der Waals surface area (Å²) >= 11 is 6.51. The van der Waals surface area contributed by atoms with E-state index < -0.39 is 0 Å². The molecule has 5 nitrogen and oxygen atoms in total. The molecule has 0 atom stereocenters. The minimum atomic E-state index is -0.329. The van der Waals surface area contributed by atoms with E-state index in [1.165, 1.54) is 0 Å². The van der Waals surface area contributed by atoms with Crippen LogP contribution in [-0.4, -0.2) is 19.2 Å². The Kier molecular flexibility index (Phi) is 8.19. The average Bonchev–Trinajstić information content (AvgIpc) is 2.79. The predicted molar refractivity (Wildman–Crippen MR) is 123 cm³/mol. The summed E-state index contributed by atoms with van der Waals surface area (Å²) in [7, 11) is 0. The van der Waals surface area contributed by atoms with Gasteiger partial charge >= 0.3 is 5.97 Å². The third-order valence-electron chi connectivity index (χ3n) is 4.53. The van der Waals surface area contributed by atoms with E-state index in [0.29, 0.717) is 48.5 Å². The van der Waals surface area contributed by atoms with Gasteiger partial charge in [0.15, 0.2) is 11.5 Å². The number of carbonyl (C=O) groups excluding carboxylic acids is 1. The molecule has 3 aromatic rings. The van der Waals surface area contributed by atoms with Crippen molar-refractivity contribution in [2.24, 2.45) is 0 Å². The number of rotatable bonds is 10. The Morgan fingerprint density at radius 2 is 1.61 bits per heavy atom. The maximum absolute atomic E-state index is 11.8. The van der Waals surface area contributed by atoms with E-state index in [0.717, 1.165) is 16.8 Å². The van der Waals surface area contributed by atoms with Gasteiger partial charge in [-0.15, -0.1) is 0 Å². The molecule has 0 aliphatic heterocycles. The number of benzene rings is 3. The second-order valence-electron chi connectivity index (χ2n) is 6.75. The smallest absolute Gasteiger partial charge is 0.338 e. The first-order chi connectivity index (χ1) is 15.1. The molecule has 6 heteroatoms. The maximum Gasteiger partial charge on any atom is 0.338 e. The fraction of sp³-hybridized carbons (Fsp3) is 0.240. The van der Waals surface area contributed by atoms with Crippen LogP contribution >= 0.6 is 11.6 Å². The first-order valence-electron chi connectivity index (χ1n) is 10.2. The van der Waals surface area contributed by atoms with Crippen LogP contribution in [0, 0.1) is 0 Å². The largest absolute Gasteiger partial charge is 0.490 e. The first kappa shape index (κ1) is 22.5. The van der Waals surface area contributed by atoms with Crippen molar-refractivity contribution in [3.63, 3.8) is 0 Å². The lowest BCUT2D eigenvalue weighted by Gasteiger charge is -2.16. The summed E-state index contributed by atoms with van der Waals surface area (Å²) in [5, 5.41) is 3.90. The van der Waals surface area contributed by atoms with Crippen LogP contribution in [0.2, 0.25) is 5.02 Å². The summed E-state index contributed by atoms with van der Waals surface area (Å²) in [6, 6.07) is 20.7.